The first-order valence-corrected chi connectivity index (χ1v) is 10.3. The summed E-state index contributed by atoms with van der Waals surface area (Å²) in [6.07, 6.45) is 0. The van der Waals surface area contributed by atoms with E-state index in [9.17, 15) is 9.59 Å². The molecular formula is C19H18N4O3S2. The SMILES string of the molecule is Cc1ccc(-c2nnc(SCC(=O)Nc3ccccc3SCC(N)=O)o2)cc1. The van der Waals surface area contributed by atoms with E-state index in [4.69, 9.17) is 10.2 Å². The third-order valence-electron chi connectivity index (χ3n) is 3.56. The van der Waals surface area contributed by atoms with Crippen LogP contribution in [0.5, 0.6) is 0 Å². The first-order valence-electron chi connectivity index (χ1n) is 8.34. The van der Waals surface area contributed by atoms with Crippen LogP contribution >= 0.6 is 23.5 Å². The Morgan fingerprint density at radius 3 is 2.54 bits per heavy atom. The van der Waals surface area contributed by atoms with Gasteiger partial charge in [-0.2, -0.15) is 0 Å². The van der Waals surface area contributed by atoms with Crippen molar-refractivity contribution in [2.24, 2.45) is 5.73 Å². The number of amides is 2. The third kappa shape index (κ3) is 5.61. The molecular weight excluding hydrogens is 396 g/mol. The molecule has 3 aromatic rings. The Morgan fingerprint density at radius 2 is 1.79 bits per heavy atom. The first-order chi connectivity index (χ1) is 13.5. The van der Waals surface area contributed by atoms with E-state index in [0.717, 1.165) is 27.8 Å². The lowest BCUT2D eigenvalue weighted by atomic mass is 10.1. The maximum Gasteiger partial charge on any atom is 0.277 e. The van der Waals surface area contributed by atoms with Crippen molar-refractivity contribution in [3.05, 3.63) is 54.1 Å². The molecule has 0 radical (unpaired) electrons. The van der Waals surface area contributed by atoms with Gasteiger partial charge in [0.2, 0.25) is 17.7 Å². The number of nitrogens with two attached hydrogens (primary N) is 1. The molecule has 1 aromatic heterocycles. The van der Waals surface area contributed by atoms with Gasteiger partial charge in [0.05, 0.1) is 17.2 Å². The summed E-state index contributed by atoms with van der Waals surface area (Å²) in [4.78, 5) is 24.0. The number of hydrogen-bond donors (Lipinski definition) is 2. The number of anilines is 1. The van der Waals surface area contributed by atoms with Crippen molar-refractivity contribution in [2.75, 3.05) is 16.8 Å². The predicted octanol–water partition coefficient (Wildman–Crippen LogP) is 3.35. The Bertz CT molecular complexity index is 973. The molecule has 7 nitrogen and oxygen atoms in total. The lowest BCUT2D eigenvalue weighted by Crippen LogP contribution is -2.16. The molecule has 144 valence electrons. The number of thioether (sulfide) groups is 2. The van der Waals surface area contributed by atoms with Gasteiger partial charge in [-0.1, -0.05) is 41.6 Å². The van der Waals surface area contributed by atoms with Crippen LogP contribution in [0.4, 0.5) is 5.69 Å². The van der Waals surface area contributed by atoms with Gasteiger partial charge in [-0.25, -0.2) is 0 Å². The van der Waals surface area contributed by atoms with Gasteiger partial charge in [-0.3, -0.25) is 9.59 Å². The van der Waals surface area contributed by atoms with Crippen LogP contribution in [0.1, 0.15) is 5.56 Å². The normalized spacial score (nSPS) is 10.6. The molecule has 0 aliphatic heterocycles. The van der Waals surface area contributed by atoms with Gasteiger partial charge in [0, 0.05) is 10.5 Å². The molecule has 0 aliphatic carbocycles. The van der Waals surface area contributed by atoms with Gasteiger partial charge >= 0.3 is 0 Å². The van der Waals surface area contributed by atoms with E-state index in [-0.39, 0.29) is 17.4 Å². The van der Waals surface area contributed by atoms with Crippen molar-refractivity contribution < 1.29 is 14.0 Å². The number of carbonyl (C=O) groups is 2. The Kier molecular flexibility index (Phi) is 6.72. The van der Waals surface area contributed by atoms with Crippen molar-refractivity contribution in [3.8, 4) is 11.5 Å². The van der Waals surface area contributed by atoms with Crippen LogP contribution in [0.15, 0.2) is 63.1 Å². The summed E-state index contributed by atoms with van der Waals surface area (Å²) in [5.74, 6) is 0.0428. The van der Waals surface area contributed by atoms with Crippen LogP contribution in [0.2, 0.25) is 0 Å². The van der Waals surface area contributed by atoms with Crippen LogP contribution in [0, 0.1) is 6.92 Å². The Morgan fingerprint density at radius 1 is 1.04 bits per heavy atom. The molecule has 0 atom stereocenters. The van der Waals surface area contributed by atoms with E-state index < -0.39 is 5.91 Å². The molecule has 2 amide bonds. The quantitative estimate of drug-likeness (QED) is 0.544. The summed E-state index contributed by atoms with van der Waals surface area (Å²) in [6, 6.07) is 15.0. The van der Waals surface area contributed by atoms with Gasteiger partial charge < -0.3 is 15.5 Å². The average Bonchev–Trinajstić information content (AvgIpc) is 3.15. The van der Waals surface area contributed by atoms with Gasteiger partial charge in [0.25, 0.3) is 5.22 Å². The molecule has 28 heavy (non-hydrogen) atoms. The number of nitrogens with zero attached hydrogens (tertiary/aromatic N) is 2. The molecule has 1 heterocycles. The van der Waals surface area contributed by atoms with E-state index in [0.29, 0.717) is 16.8 Å². The second kappa shape index (κ2) is 9.43. The summed E-state index contributed by atoms with van der Waals surface area (Å²) in [5, 5.41) is 11.1. The molecule has 0 aliphatic rings. The van der Waals surface area contributed by atoms with Crippen LogP contribution in [-0.4, -0.2) is 33.5 Å². The molecule has 0 spiro atoms. The number of carbonyl (C=O) groups excluding carboxylic acids is 2. The van der Waals surface area contributed by atoms with Crippen LogP contribution in [0.25, 0.3) is 11.5 Å². The van der Waals surface area contributed by atoms with Crippen LogP contribution in [0.3, 0.4) is 0 Å². The zero-order chi connectivity index (χ0) is 19.9. The van der Waals surface area contributed by atoms with Crippen molar-refractivity contribution in [1.29, 1.82) is 0 Å². The second-order valence-electron chi connectivity index (χ2n) is 5.83. The van der Waals surface area contributed by atoms with Gasteiger partial charge in [-0.05, 0) is 31.2 Å². The number of primary amides is 1. The highest BCUT2D eigenvalue weighted by atomic mass is 32.2. The lowest BCUT2D eigenvalue weighted by Gasteiger charge is -2.09. The number of rotatable bonds is 8. The second-order valence-corrected chi connectivity index (χ2v) is 7.77. The van der Waals surface area contributed by atoms with E-state index in [1.54, 1.807) is 6.07 Å². The minimum atomic E-state index is -0.414. The average molecular weight is 415 g/mol. The van der Waals surface area contributed by atoms with Gasteiger partial charge in [-0.15, -0.1) is 22.0 Å². The Labute approximate surface area is 170 Å². The van der Waals surface area contributed by atoms with E-state index in [1.165, 1.54) is 11.8 Å². The molecule has 0 fully saturated rings. The van der Waals surface area contributed by atoms with E-state index in [2.05, 4.69) is 15.5 Å². The largest absolute Gasteiger partial charge is 0.411 e. The van der Waals surface area contributed by atoms with Crippen molar-refractivity contribution in [1.82, 2.24) is 10.2 Å². The molecule has 9 heteroatoms. The van der Waals surface area contributed by atoms with Crippen molar-refractivity contribution >= 4 is 41.0 Å². The Balaban J connectivity index is 1.57. The fourth-order valence-corrected chi connectivity index (χ4v) is 3.55. The lowest BCUT2D eigenvalue weighted by molar-refractivity contribution is -0.115. The highest BCUT2D eigenvalue weighted by Crippen LogP contribution is 2.27. The molecule has 0 bridgehead atoms. The van der Waals surface area contributed by atoms with E-state index >= 15 is 0 Å². The van der Waals surface area contributed by atoms with Crippen molar-refractivity contribution in [2.45, 2.75) is 17.0 Å². The zero-order valence-electron chi connectivity index (χ0n) is 15.0. The maximum atomic E-state index is 12.3. The molecule has 0 saturated heterocycles. The van der Waals surface area contributed by atoms with E-state index in [1.807, 2.05) is 49.4 Å². The fraction of sp³-hybridized carbons (Fsp3) is 0.158. The Hall–Kier alpha value is -2.78. The summed E-state index contributed by atoms with van der Waals surface area (Å²) >= 11 is 2.43. The molecule has 3 N–H and O–H groups in total. The number of para-hydroxylation sites is 1. The summed E-state index contributed by atoms with van der Waals surface area (Å²) in [5.41, 5.74) is 7.78. The summed E-state index contributed by atoms with van der Waals surface area (Å²) in [7, 11) is 0. The maximum absolute atomic E-state index is 12.3. The predicted molar refractivity (Wildman–Crippen MR) is 110 cm³/mol. The highest BCUT2D eigenvalue weighted by Gasteiger charge is 2.13. The highest BCUT2D eigenvalue weighted by molar-refractivity contribution is 8.00. The minimum absolute atomic E-state index is 0.115. The van der Waals surface area contributed by atoms with Crippen molar-refractivity contribution in [3.63, 3.8) is 0 Å². The zero-order valence-corrected chi connectivity index (χ0v) is 16.7. The van der Waals surface area contributed by atoms with Gasteiger partial charge in [0.1, 0.15) is 0 Å². The summed E-state index contributed by atoms with van der Waals surface area (Å²) < 4.78 is 5.60. The number of benzene rings is 2. The number of aromatic nitrogens is 2. The van der Waals surface area contributed by atoms with Gasteiger partial charge in [0.15, 0.2) is 0 Å². The number of nitrogens with one attached hydrogen (secondary N) is 1. The minimum Gasteiger partial charge on any atom is -0.411 e. The topological polar surface area (TPSA) is 111 Å². The first kappa shape index (κ1) is 20.0. The smallest absolute Gasteiger partial charge is 0.277 e. The molecule has 0 unspecified atom stereocenters. The molecule has 2 aromatic carbocycles. The number of aryl methyl sites for hydroxylation is 1. The third-order valence-corrected chi connectivity index (χ3v) is 5.48. The van der Waals surface area contributed by atoms with Crippen LogP contribution < -0.4 is 11.1 Å². The van der Waals surface area contributed by atoms with Crippen LogP contribution in [-0.2, 0) is 9.59 Å². The monoisotopic (exact) mass is 414 g/mol. The molecule has 3 rings (SSSR count). The standard InChI is InChI=1S/C19H18N4O3S2/c1-12-6-8-13(9-7-12)18-22-23-19(26-18)28-11-17(25)21-14-4-2-3-5-15(14)27-10-16(20)24/h2-9H,10-11H2,1H3,(H2,20,24)(H,21,25). The molecule has 0 saturated carbocycles. The number of hydrogen-bond acceptors (Lipinski definition) is 7. The fourth-order valence-electron chi connectivity index (χ4n) is 2.24. The summed E-state index contributed by atoms with van der Waals surface area (Å²) in [6.45, 7) is 2.00.